The van der Waals surface area contributed by atoms with E-state index < -0.39 is 0 Å². The van der Waals surface area contributed by atoms with E-state index in [1.54, 1.807) is 0 Å². The van der Waals surface area contributed by atoms with Gasteiger partial charge in [0.15, 0.2) is 11.2 Å². The van der Waals surface area contributed by atoms with Gasteiger partial charge in [0, 0.05) is 33.6 Å². The van der Waals surface area contributed by atoms with E-state index in [0.29, 0.717) is 0 Å². The summed E-state index contributed by atoms with van der Waals surface area (Å²) in [6.45, 7) is 0. The molecule has 3 nitrogen and oxygen atoms in total. The highest BCUT2D eigenvalue weighted by atomic mass is 16.3. The van der Waals surface area contributed by atoms with Gasteiger partial charge in [-0.1, -0.05) is 127 Å². The minimum absolute atomic E-state index is 0.807. The normalized spacial score (nSPS) is 11.5. The van der Waals surface area contributed by atoms with Crippen LogP contribution < -0.4 is 4.90 Å². The van der Waals surface area contributed by atoms with Gasteiger partial charge in [-0.25, -0.2) is 0 Å². The molecule has 2 heterocycles. The lowest BCUT2D eigenvalue weighted by molar-refractivity contribution is 0.672. The summed E-state index contributed by atoms with van der Waals surface area (Å²) < 4.78 is 6.81. The zero-order valence-electron chi connectivity index (χ0n) is 25.0. The number of aromatic nitrogens is 1. The van der Waals surface area contributed by atoms with Crippen molar-refractivity contribution in [2.45, 2.75) is 0 Å². The quantitative estimate of drug-likeness (QED) is 0.200. The molecule has 0 aliphatic rings. The van der Waals surface area contributed by atoms with Crippen LogP contribution in [0.3, 0.4) is 0 Å². The molecule has 0 bridgehead atoms. The molecule has 0 aliphatic carbocycles. The number of hydrogen-bond acceptors (Lipinski definition) is 3. The van der Waals surface area contributed by atoms with Crippen LogP contribution in [0.1, 0.15) is 0 Å². The van der Waals surface area contributed by atoms with Crippen molar-refractivity contribution in [1.29, 1.82) is 0 Å². The van der Waals surface area contributed by atoms with Gasteiger partial charge in [0.2, 0.25) is 0 Å². The summed E-state index contributed by atoms with van der Waals surface area (Å²) in [6.07, 6.45) is 1.94. The molecule has 7 aromatic carbocycles. The number of nitrogens with zero attached hydrogens (tertiary/aromatic N) is 2. The van der Waals surface area contributed by atoms with Crippen molar-refractivity contribution in [2.24, 2.45) is 0 Å². The molecule has 0 aliphatic heterocycles. The Hall–Kier alpha value is -6.19. The fraction of sp³-hybridized carbons (Fsp3) is 0. The zero-order valence-corrected chi connectivity index (χ0v) is 25.0. The van der Waals surface area contributed by atoms with E-state index in [4.69, 9.17) is 9.40 Å². The van der Waals surface area contributed by atoms with E-state index >= 15 is 0 Å². The second kappa shape index (κ2) is 10.8. The van der Waals surface area contributed by atoms with Crippen LogP contribution >= 0.6 is 0 Å². The van der Waals surface area contributed by atoms with E-state index in [1.807, 2.05) is 12.3 Å². The highest BCUT2D eigenvalue weighted by Gasteiger charge is 2.23. The van der Waals surface area contributed by atoms with Gasteiger partial charge in [-0.15, -0.1) is 0 Å². The van der Waals surface area contributed by atoms with Crippen molar-refractivity contribution < 1.29 is 4.42 Å². The molecular formula is C43H28N2O. The number of pyridine rings is 1. The molecule has 0 fully saturated rings. The number of furan rings is 1. The van der Waals surface area contributed by atoms with E-state index in [0.717, 1.165) is 61.0 Å². The average Bonchev–Trinajstić information content (AvgIpc) is 3.53. The first kappa shape index (κ1) is 26.2. The molecule has 46 heavy (non-hydrogen) atoms. The molecule has 9 aromatic rings. The predicted octanol–water partition coefficient (Wildman–Crippen LogP) is 12.1. The minimum atomic E-state index is 0.807. The maximum Gasteiger partial charge on any atom is 0.161 e. The molecule has 0 radical (unpaired) electrons. The van der Waals surface area contributed by atoms with Gasteiger partial charge in [0.25, 0.3) is 0 Å². The first-order chi connectivity index (χ1) is 22.8. The largest absolute Gasteiger partial charge is 0.451 e. The van der Waals surface area contributed by atoms with E-state index in [2.05, 4.69) is 163 Å². The number of fused-ring (bicyclic) bond motifs is 6. The Morgan fingerprint density at radius 2 is 1.09 bits per heavy atom. The second-order valence-corrected chi connectivity index (χ2v) is 11.6. The molecule has 0 saturated heterocycles. The standard InChI is InChI=1S/C43H28N2O/c1-2-11-29(12-3-1)31-23-25-35(26-24-31)45(39-19-9-8-16-36(39)33-22-21-30-13-4-5-14-32(30)27-33)40-20-10-18-38-41-43(46-42(38)40)37-17-7-6-15-34(37)28-44-41/h1-28H. The molecule has 0 saturated carbocycles. The third-order valence-corrected chi connectivity index (χ3v) is 8.89. The van der Waals surface area contributed by atoms with Crippen LogP contribution in [0.2, 0.25) is 0 Å². The fourth-order valence-electron chi connectivity index (χ4n) is 6.64. The second-order valence-electron chi connectivity index (χ2n) is 11.6. The van der Waals surface area contributed by atoms with Gasteiger partial charge in [-0.2, -0.15) is 0 Å². The number of hydrogen-bond donors (Lipinski definition) is 0. The Morgan fingerprint density at radius 1 is 0.435 bits per heavy atom. The number of anilines is 3. The molecule has 0 amide bonds. The van der Waals surface area contributed by atoms with Crippen LogP contribution in [0.5, 0.6) is 0 Å². The topological polar surface area (TPSA) is 29.3 Å². The van der Waals surface area contributed by atoms with Crippen LogP contribution in [0, 0.1) is 0 Å². The fourth-order valence-corrected chi connectivity index (χ4v) is 6.64. The first-order valence-electron chi connectivity index (χ1n) is 15.5. The van der Waals surface area contributed by atoms with E-state index in [9.17, 15) is 0 Å². The van der Waals surface area contributed by atoms with Crippen molar-refractivity contribution in [2.75, 3.05) is 4.90 Å². The van der Waals surface area contributed by atoms with Crippen molar-refractivity contribution in [1.82, 2.24) is 4.98 Å². The van der Waals surface area contributed by atoms with E-state index in [1.165, 1.54) is 21.9 Å². The van der Waals surface area contributed by atoms with Crippen molar-refractivity contribution in [3.8, 4) is 22.3 Å². The Morgan fingerprint density at radius 3 is 1.96 bits per heavy atom. The summed E-state index contributed by atoms with van der Waals surface area (Å²) in [5.74, 6) is 0. The van der Waals surface area contributed by atoms with Gasteiger partial charge >= 0.3 is 0 Å². The van der Waals surface area contributed by atoms with Gasteiger partial charge in [0.1, 0.15) is 5.52 Å². The highest BCUT2D eigenvalue weighted by Crippen LogP contribution is 2.46. The monoisotopic (exact) mass is 588 g/mol. The van der Waals surface area contributed by atoms with Crippen LogP contribution in [0.4, 0.5) is 17.1 Å². The van der Waals surface area contributed by atoms with Gasteiger partial charge < -0.3 is 9.32 Å². The zero-order chi connectivity index (χ0) is 30.5. The lowest BCUT2D eigenvalue weighted by atomic mass is 9.98. The lowest BCUT2D eigenvalue weighted by Gasteiger charge is -2.28. The Kier molecular flexibility index (Phi) is 6.14. The molecule has 2 aromatic heterocycles. The van der Waals surface area contributed by atoms with Crippen LogP contribution in [-0.4, -0.2) is 4.98 Å². The SMILES string of the molecule is c1ccc(-c2ccc(N(c3ccccc3-c3ccc4ccccc4c3)c3cccc4c3oc3c5ccccc5cnc43)cc2)cc1. The van der Waals surface area contributed by atoms with Gasteiger partial charge in [0.05, 0.1) is 11.4 Å². The Bertz CT molecular complexity index is 2530. The molecule has 216 valence electrons. The molecular weight excluding hydrogens is 560 g/mol. The summed E-state index contributed by atoms with van der Waals surface area (Å²) in [7, 11) is 0. The minimum Gasteiger partial charge on any atom is -0.451 e. The Labute approximate surface area is 266 Å². The molecule has 0 spiro atoms. The van der Waals surface area contributed by atoms with Crippen molar-refractivity contribution in [3.05, 3.63) is 170 Å². The Balaban J connectivity index is 1.30. The number of rotatable bonds is 5. The predicted molar refractivity (Wildman–Crippen MR) is 192 cm³/mol. The number of para-hydroxylation sites is 2. The summed E-state index contributed by atoms with van der Waals surface area (Å²) in [5.41, 5.74) is 10.2. The summed E-state index contributed by atoms with van der Waals surface area (Å²) in [4.78, 5) is 7.20. The molecule has 9 rings (SSSR count). The van der Waals surface area contributed by atoms with Crippen LogP contribution in [0.25, 0.3) is 65.9 Å². The van der Waals surface area contributed by atoms with Crippen LogP contribution in [-0.2, 0) is 0 Å². The van der Waals surface area contributed by atoms with Crippen molar-refractivity contribution >= 4 is 60.7 Å². The van der Waals surface area contributed by atoms with Gasteiger partial charge in [-0.05, 0) is 63.9 Å². The van der Waals surface area contributed by atoms with Crippen LogP contribution in [0.15, 0.2) is 174 Å². The molecule has 0 atom stereocenters. The molecule has 3 heteroatoms. The maximum atomic E-state index is 6.81. The summed E-state index contributed by atoms with van der Waals surface area (Å²) in [5, 5.41) is 5.55. The molecule has 0 N–H and O–H groups in total. The molecule has 0 unspecified atom stereocenters. The maximum absolute atomic E-state index is 6.81. The smallest absolute Gasteiger partial charge is 0.161 e. The third kappa shape index (κ3) is 4.33. The average molecular weight is 589 g/mol. The summed E-state index contributed by atoms with van der Waals surface area (Å²) in [6, 6.07) is 57.8. The highest BCUT2D eigenvalue weighted by molar-refractivity contribution is 6.15. The van der Waals surface area contributed by atoms with E-state index in [-0.39, 0.29) is 0 Å². The number of benzene rings is 7. The summed E-state index contributed by atoms with van der Waals surface area (Å²) >= 11 is 0. The van der Waals surface area contributed by atoms with Gasteiger partial charge in [-0.3, -0.25) is 4.98 Å². The lowest BCUT2D eigenvalue weighted by Crippen LogP contribution is -2.11. The third-order valence-electron chi connectivity index (χ3n) is 8.89. The van der Waals surface area contributed by atoms with Crippen molar-refractivity contribution in [3.63, 3.8) is 0 Å². The first-order valence-corrected chi connectivity index (χ1v) is 15.5.